The highest BCUT2D eigenvalue weighted by molar-refractivity contribution is 14.1. The van der Waals surface area contributed by atoms with E-state index in [1.807, 2.05) is 22.6 Å². The van der Waals surface area contributed by atoms with Gasteiger partial charge in [-0.3, -0.25) is 4.79 Å². The van der Waals surface area contributed by atoms with Gasteiger partial charge >= 0.3 is 5.97 Å². The van der Waals surface area contributed by atoms with E-state index in [-0.39, 0.29) is 0 Å². The van der Waals surface area contributed by atoms with E-state index in [2.05, 4.69) is 0 Å². The van der Waals surface area contributed by atoms with Crippen molar-refractivity contribution >= 4 is 40.2 Å². The number of hydrogen-bond donors (Lipinski definition) is 2. The first-order valence-electron chi connectivity index (χ1n) is 3.45. The number of aliphatic carboxylic acids is 1. The smallest absolute Gasteiger partial charge is 0.325 e. The molecule has 0 heterocycles. The van der Waals surface area contributed by atoms with E-state index in [4.69, 9.17) is 22.4 Å². The zero-order valence-electron chi connectivity index (χ0n) is 6.50. The molecule has 1 atom stereocenters. The Morgan fingerprint density at radius 1 is 1.62 bits per heavy atom. The predicted octanol–water partition coefficient (Wildman–Crippen LogP) is 2.03. The van der Waals surface area contributed by atoms with Crippen LogP contribution in [0.1, 0.15) is 11.6 Å². The Morgan fingerprint density at radius 2 is 2.23 bits per heavy atom. The standard InChI is InChI=1S/C8H7ClINO2/c9-5-2-1-4(3-6(5)10)7(11)8(12)13/h1-3,7H,11H2,(H,12,13)/t7-/m0/s1. The average Bonchev–Trinajstić information content (AvgIpc) is 2.08. The van der Waals surface area contributed by atoms with Gasteiger partial charge in [0.15, 0.2) is 0 Å². The van der Waals surface area contributed by atoms with E-state index >= 15 is 0 Å². The van der Waals surface area contributed by atoms with Gasteiger partial charge in [-0.2, -0.15) is 0 Å². The molecule has 1 aromatic carbocycles. The quantitative estimate of drug-likeness (QED) is 0.822. The van der Waals surface area contributed by atoms with Gasteiger partial charge in [-0.25, -0.2) is 0 Å². The van der Waals surface area contributed by atoms with Crippen LogP contribution in [0.5, 0.6) is 0 Å². The van der Waals surface area contributed by atoms with Crippen molar-refractivity contribution in [2.45, 2.75) is 6.04 Å². The number of nitrogens with two attached hydrogens (primary N) is 1. The number of carboxylic acid groups (broad SMARTS) is 1. The fourth-order valence-electron chi connectivity index (χ4n) is 0.848. The van der Waals surface area contributed by atoms with Crippen molar-refractivity contribution in [2.24, 2.45) is 5.73 Å². The molecule has 0 bridgehead atoms. The molecule has 0 unspecified atom stereocenters. The maximum absolute atomic E-state index is 10.5. The molecule has 1 rings (SSSR count). The largest absolute Gasteiger partial charge is 0.480 e. The van der Waals surface area contributed by atoms with Crippen molar-refractivity contribution in [1.29, 1.82) is 0 Å². The van der Waals surface area contributed by atoms with E-state index in [0.29, 0.717) is 10.6 Å². The minimum Gasteiger partial charge on any atom is -0.480 e. The van der Waals surface area contributed by atoms with Gasteiger partial charge in [0.2, 0.25) is 0 Å². The molecule has 0 fully saturated rings. The Labute approximate surface area is 94.0 Å². The first-order chi connectivity index (χ1) is 6.02. The highest BCUT2D eigenvalue weighted by Crippen LogP contribution is 2.22. The van der Waals surface area contributed by atoms with Gasteiger partial charge in [0, 0.05) is 3.57 Å². The molecule has 1 aromatic rings. The molecule has 0 amide bonds. The van der Waals surface area contributed by atoms with Crippen LogP contribution in [0.2, 0.25) is 5.02 Å². The normalized spacial score (nSPS) is 12.5. The second-order valence-corrected chi connectivity index (χ2v) is 4.06. The van der Waals surface area contributed by atoms with Gasteiger partial charge in [-0.1, -0.05) is 17.7 Å². The van der Waals surface area contributed by atoms with E-state index in [0.717, 1.165) is 3.57 Å². The van der Waals surface area contributed by atoms with Crippen LogP contribution in [-0.4, -0.2) is 11.1 Å². The number of benzene rings is 1. The average molecular weight is 312 g/mol. The zero-order chi connectivity index (χ0) is 10.0. The molecule has 0 radical (unpaired) electrons. The molecule has 70 valence electrons. The van der Waals surface area contributed by atoms with Gasteiger partial charge in [-0.15, -0.1) is 0 Å². The fourth-order valence-corrected chi connectivity index (χ4v) is 1.51. The lowest BCUT2D eigenvalue weighted by Gasteiger charge is -2.07. The lowest BCUT2D eigenvalue weighted by molar-refractivity contribution is -0.138. The maximum atomic E-state index is 10.5. The topological polar surface area (TPSA) is 63.3 Å². The molecule has 5 heteroatoms. The van der Waals surface area contributed by atoms with E-state index < -0.39 is 12.0 Å². The predicted molar refractivity (Wildman–Crippen MR) is 58.7 cm³/mol. The van der Waals surface area contributed by atoms with Gasteiger partial charge in [0.1, 0.15) is 6.04 Å². The summed E-state index contributed by atoms with van der Waals surface area (Å²) >= 11 is 7.80. The number of halogens is 2. The van der Waals surface area contributed by atoms with Crippen LogP contribution in [0.4, 0.5) is 0 Å². The van der Waals surface area contributed by atoms with Gasteiger partial charge in [0.25, 0.3) is 0 Å². The van der Waals surface area contributed by atoms with Crippen LogP contribution in [0.15, 0.2) is 18.2 Å². The van der Waals surface area contributed by atoms with Crippen molar-refractivity contribution in [3.05, 3.63) is 32.4 Å². The molecule has 0 spiro atoms. The summed E-state index contributed by atoms with van der Waals surface area (Å²) in [7, 11) is 0. The molecule has 13 heavy (non-hydrogen) atoms. The molecule has 0 saturated heterocycles. The summed E-state index contributed by atoms with van der Waals surface area (Å²) in [5, 5.41) is 9.23. The third-order valence-electron chi connectivity index (χ3n) is 1.57. The van der Waals surface area contributed by atoms with Crippen LogP contribution >= 0.6 is 34.2 Å². The van der Waals surface area contributed by atoms with E-state index in [9.17, 15) is 4.79 Å². The Hall–Kier alpha value is -0.330. The van der Waals surface area contributed by atoms with Gasteiger partial charge in [-0.05, 0) is 40.3 Å². The molecule has 3 nitrogen and oxygen atoms in total. The number of rotatable bonds is 2. The molecule has 0 aliphatic heterocycles. The Morgan fingerprint density at radius 3 is 2.69 bits per heavy atom. The Bertz CT molecular complexity index is 343. The molecule has 0 saturated carbocycles. The first kappa shape index (κ1) is 10.7. The first-order valence-corrected chi connectivity index (χ1v) is 4.91. The van der Waals surface area contributed by atoms with Crippen molar-refractivity contribution in [2.75, 3.05) is 0 Å². The van der Waals surface area contributed by atoms with Crippen molar-refractivity contribution in [1.82, 2.24) is 0 Å². The molecular formula is C8H7ClINO2. The number of carboxylic acids is 1. The fraction of sp³-hybridized carbons (Fsp3) is 0.125. The second-order valence-electron chi connectivity index (χ2n) is 2.49. The monoisotopic (exact) mass is 311 g/mol. The van der Waals surface area contributed by atoms with Crippen LogP contribution in [0.3, 0.4) is 0 Å². The number of hydrogen-bond acceptors (Lipinski definition) is 2. The SMILES string of the molecule is N[C@H](C(=O)O)c1ccc(Cl)c(I)c1. The summed E-state index contributed by atoms with van der Waals surface area (Å²) in [6.45, 7) is 0. The highest BCUT2D eigenvalue weighted by Gasteiger charge is 2.14. The van der Waals surface area contributed by atoms with Crippen LogP contribution in [-0.2, 0) is 4.79 Å². The van der Waals surface area contributed by atoms with Crippen molar-refractivity contribution in [3.63, 3.8) is 0 Å². The summed E-state index contributed by atoms with van der Waals surface area (Å²) in [4.78, 5) is 10.5. The molecule has 0 aromatic heterocycles. The van der Waals surface area contributed by atoms with E-state index in [1.54, 1.807) is 18.2 Å². The Balaban J connectivity index is 3.03. The van der Waals surface area contributed by atoms with Crippen molar-refractivity contribution in [3.8, 4) is 0 Å². The van der Waals surface area contributed by atoms with Crippen LogP contribution in [0.25, 0.3) is 0 Å². The zero-order valence-corrected chi connectivity index (χ0v) is 9.41. The summed E-state index contributed by atoms with van der Waals surface area (Å²) in [6.07, 6.45) is 0. The summed E-state index contributed by atoms with van der Waals surface area (Å²) < 4.78 is 0.800. The minimum atomic E-state index is -1.04. The molecular weight excluding hydrogens is 304 g/mol. The van der Waals surface area contributed by atoms with Crippen molar-refractivity contribution < 1.29 is 9.90 Å². The molecule has 3 N–H and O–H groups in total. The van der Waals surface area contributed by atoms with Crippen LogP contribution < -0.4 is 5.73 Å². The summed E-state index contributed by atoms with van der Waals surface area (Å²) in [5.74, 6) is -1.04. The molecule has 0 aliphatic rings. The van der Waals surface area contributed by atoms with E-state index in [1.165, 1.54) is 0 Å². The minimum absolute atomic E-state index is 0.557. The van der Waals surface area contributed by atoms with Crippen LogP contribution in [0, 0.1) is 3.57 Å². The van der Waals surface area contributed by atoms with Gasteiger partial charge < -0.3 is 10.8 Å². The maximum Gasteiger partial charge on any atom is 0.325 e. The summed E-state index contributed by atoms with van der Waals surface area (Å²) in [5.41, 5.74) is 5.97. The highest BCUT2D eigenvalue weighted by atomic mass is 127. The van der Waals surface area contributed by atoms with Gasteiger partial charge in [0.05, 0.1) is 5.02 Å². The third-order valence-corrected chi connectivity index (χ3v) is 3.11. The third kappa shape index (κ3) is 2.55. The lowest BCUT2D eigenvalue weighted by atomic mass is 10.1. The second kappa shape index (κ2) is 4.26. The Kier molecular flexibility index (Phi) is 3.52. The summed E-state index contributed by atoms with van der Waals surface area (Å²) in [6, 6.07) is 3.94. The lowest BCUT2D eigenvalue weighted by Crippen LogP contribution is -2.20. The number of carbonyl (C=O) groups is 1. The molecule has 0 aliphatic carbocycles.